The van der Waals surface area contributed by atoms with Gasteiger partial charge in [0.25, 0.3) is 11.8 Å². The van der Waals surface area contributed by atoms with Gasteiger partial charge in [-0.15, -0.1) is 0 Å². The van der Waals surface area contributed by atoms with Gasteiger partial charge in [-0.25, -0.2) is 9.18 Å². The Morgan fingerprint density at radius 3 is 2.44 bits per heavy atom. The lowest BCUT2D eigenvalue weighted by molar-refractivity contribution is -0.138. The standard InChI is InChI=1S/C27H29BrF4N4O5/c1-13-19(23(38)33-12-26(40)5-7-36(8-6-26)24(39)41-25(2,3)4)20(27(30,31)32)18(34-13)11-16-15-9-14(29)10-17(28)21(15)35-22(16)37/h9-11,34,40H,5-8,12H2,1-4H3,(H,33,38)(H,35,37)/b16-11-. The molecule has 1 saturated heterocycles. The van der Waals surface area contributed by atoms with Crippen LogP contribution in [-0.4, -0.2) is 63.7 Å². The topological polar surface area (TPSA) is 124 Å². The lowest BCUT2D eigenvalue weighted by atomic mass is 9.91. The van der Waals surface area contributed by atoms with Crippen LogP contribution >= 0.6 is 15.9 Å². The number of halogens is 5. The first-order valence-corrected chi connectivity index (χ1v) is 13.5. The van der Waals surface area contributed by atoms with Gasteiger partial charge in [0, 0.05) is 35.4 Å². The average molecular weight is 645 g/mol. The SMILES string of the molecule is Cc1[nH]c(/C=C2\C(=O)Nc3c(Br)cc(F)cc32)c(C(F)(F)F)c1C(=O)NCC1(O)CCN(C(=O)OC(C)(C)C)CC1. The van der Waals surface area contributed by atoms with Crippen LogP contribution in [0.25, 0.3) is 11.6 Å². The molecule has 2 aliphatic rings. The maximum atomic E-state index is 14.3. The molecule has 0 unspecified atom stereocenters. The second-order valence-corrected chi connectivity index (χ2v) is 12.0. The van der Waals surface area contributed by atoms with E-state index in [1.165, 1.54) is 11.8 Å². The van der Waals surface area contributed by atoms with Crippen molar-refractivity contribution >= 4 is 51.2 Å². The number of fused-ring (bicyclic) bond motifs is 1. The number of carbonyl (C=O) groups is 3. The molecule has 4 N–H and O–H groups in total. The van der Waals surface area contributed by atoms with Crippen molar-refractivity contribution in [3.8, 4) is 0 Å². The summed E-state index contributed by atoms with van der Waals surface area (Å²) in [6.07, 6.45) is -4.47. The number of aliphatic hydroxyl groups is 1. The van der Waals surface area contributed by atoms with Crippen molar-refractivity contribution in [1.82, 2.24) is 15.2 Å². The molecule has 0 atom stereocenters. The highest BCUT2D eigenvalue weighted by Crippen LogP contribution is 2.42. The molecule has 0 bridgehead atoms. The maximum absolute atomic E-state index is 14.3. The molecule has 14 heteroatoms. The molecule has 1 aromatic heterocycles. The molecule has 0 saturated carbocycles. The third kappa shape index (κ3) is 6.58. The summed E-state index contributed by atoms with van der Waals surface area (Å²) in [4.78, 5) is 41.9. The van der Waals surface area contributed by atoms with E-state index in [0.717, 1.165) is 18.2 Å². The Morgan fingerprint density at radius 1 is 1.22 bits per heavy atom. The third-order valence-electron chi connectivity index (χ3n) is 6.77. The van der Waals surface area contributed by atoms with Crippen LogP contribution < -0.4 is 10.6 Å². The molecule has 2 aliphatic heterocycles. The fraction of sp³-hybridized carbons (Fsp3) is 0.444. The Hall–Kier alpha value is -3.39. The molecule has 3 amide bonds. The molecule has 4 rings (SSSR count). The fourth-order valence-corrected chi connectivity index (χ4v) is 5.31. The number of benzene rings is 1. The Morgan fingerprint density at radius 2 is 1.85 bits per heavy atom. The normalized spacial score (nSPS) is 17.9. The molecular weight excluding hydrogens is 616 g/mol. The lowest BCUT2D eigenvalue weighted by Crippen LogP contribution is -2.52. The highest BCUT2D eigenvalue weighted by molar-refractivity contribution is 9.10. The molecule has 1 fully saturated rings. The molecule has 222 valence electrons. The number of carbonyl (C=O) groups excluding carboxylic acids is 3. The van der Waals surface area contributed by atoms with Gasteiger partial charge in [0.2, 0.25) is 0 Å². The highest BCUT2D eigenvalue weighted by Gasteiger charge is 2.42. The Balaban J connectivity index is 1.56. The van der Waals surface area contributed by atoms with Crippen molar-refractivity contribution < 1.29 is 41.8 Å². The molecule has 3 heterocycles. The van der Waals surface area contributed by atoms with Crippen LogP contribution in [0.2, 0.25) is 0 Å². The van der Waals surface area contributed by atoms with Crippen LogP contribution in [0.15, 0.2) is 16.6 Å². The van der Waals surface area contributed by atoms with E-state index in [0.29, 0.717) is 0 Å². The van der Waals surface area contributed by atoms with Gasteiger partial charge in [-0.05, 0) is 74.7 Å². The van der Waals surface area contributed by atoms with Gasteiger partial charge in [0.1, 0.15) is 11.4 Å². The first-order chi connectivity index (χ1) is 18.9. The van der Waals surface area contributed by atoms with Crippen molar-refractivity contribution in [1.29, 1.82) is 0 Å². The average Bonchev–Trinajstić information content (AvgIpc) is 3.33. The van der Waals surface area contributed by atoms with Crippen LogP contribution in [0.4, 0.5) is 28.0 Å². The summed E-state index contributed by atoms with van der Waals surface area (Å²) in [7, 11) is 0. The largest absolute Gasteiger partial charge is 0.444 e. The number of nitrogens with zero attached hydrogens (tertiary/aromatic N) is 1. The highest BCUT2D eigenvalue weighted by atomic mass is 79.9. The van der Waals surface area contributed by atoms with Crippen LogP contribution in [0.3, 0.4) is 0 Å². The Bertz CT molecular complexity index is 1440. The van der Waals surface area contributed by atoms with Crippen LogP contribution in [0.5, 0.6) is 0 Å². The lowest BCUT2D eigenvalue weighted by Gasteiger charge is -2.38. The van der Waals surface area contributed by atoms with Crippen molar-refractivity contribution in [2.24, 2.45) is 0 Å². The van der Waals surface area contributed by atoms with Gasteiger partial charge in [-0.3, -0.25) is 9.59 Å². The van der Waals surface area contributed by atoms with Crippen LogP contribution in [0, 0.1) is 12.7 Å². The summed E-state index contributed by atoms with van der Waals surface area (Å²) in [5, 5.41) is 15.8. The van der Waals surface area contributed by atoms with E-state index in [-0.39, 0.29) is 59.5 Å². The quantitative estimate of drug-likeness (QED) is 0.268. The van der Waals surface area contributed by atoms with E-state index in [1.54, 1.807) is 20.8 Å². The van der Waals surface area contributed by atoms with Gasteiger partial charge in [0.15, 0.2) is 0 Å². The number of ether oxygens (including phenoxy) is 1. The van der Waals surface area contributed by atoms with Crippen LogP contribution in [0.1, 0.15) is 66.5 Å². The number of alkyl halides is 3. The second-order valence-electron chi connectivity index (χ2n) is 11.1. The van der Waals surface area contributed by atoms with Gasteiger partial charge in [-0.1, -0.05) is 0 Å². The van der Waals surface area contributed by atoms with E-state index in [1.807, 2.05) is 0 Å². The first-order valence-electron chi connectivity index (χ1n) is 12.7. The molecule has 0 radical (unpaired) electrons. The number of nitrogens with one attached hydrogen (secondary N) is 3. The molecule has 41 heavy (non-hydrogen) atoms. The smallest absolute Gasteiger partial charge is 0.419 e. The summed E-state index contributed by atoms with van der Waals surface area (Å²) >= 11 is 3.13. The minimum absolute atomic E-state index is 0.0631. The second kappa shape index (κ2) is 10.8. The maximum Gasteiger partial charge on any atom is 0.419 e. The number of hydrogen-bond acceptors (Lipinski definition) is 5. The zero-order chi connectivity index (χ0) is 30.5. The molecule has 0 aliphatic carbocycles. The number of anilines is 1. The van der Waals surface area contributed by atoms with Crippen molar-refractivity contribution in [2.75, 3.05) is 25.0 Å². The van der Waals surface area contributed by atoms with Gasteiger partial charge in [-0.2, -0.15) is 13.2 Å². The summed E-state index contributed by atoms with van der Waals surface area (Å²) in [5.41, 5.74) is -4.76. The van der Waals surface area contributed by atoms with Gasteiger partial charge >= 0.3 is 12.3 Å². The van der Waals surface area contributed by atoms with Crippen LogP contribution in [-0.2, 0) is 15.7 Å². The van der Waals surface area contributed by atoms with E-state index >= 15 is 0 Å². The molecule has 1 aromatic carbocycles. The minimum Gasteiger partial charge on any atom is -0.444 e. The zero-order valence-corrected chi connectivity index (χ0v) is 24.3. The van der Waals surface area contributed by atoms with E-state index < -0.39 is 57.9 Å². The number of likely N-dealkylation sites (tertiary alicyclic amines) is 1. The first kappa shape index (κ1) is 30.6. The third-order valence-corrected chi connectivity index (χ3v) is 7.39. The predicted octanol–water partition coefficient (Wildman–Crippen LogP) is 5.23. The van der Waals surface area contributed by atoms with Gasteiger partial charge in [0.05, 0.1) is 33.7 Å². The number of piperidine rings is 1. The number of H-pyrrole nitrogens is 1. The number of amides is 3. The Labute approximate surface area is 241 Å². The number of aromatic amines is 1. The number of aromatic nitrogens is 1. The van der Waals surface area contributed by atoms with E-state index in [4.69, 9.17) is 4.74 Å². The predicted molar refractivity (Wildman–Crippen MR) is 145 cm³/mol. The summed E-state index contributed by atoms with van der Waals surface area (Å²) in [5.74, 6) is -2.52. The van der Waals surface area contributed by atoms with Crippen molar-refractivity contribution in [3.63, 3.8) is 0 Å². The summed E-state index contributed by atoms with van der Waals surface area (Å²) in [6, 6.07) is 2.13. The molecule has 9 nitrogen and oxygen atoms in total. The summed E-state index contributed by atoms with van der Waals surface area (Å²) < 4.78 is 62.4. The Kier molecular flexibility index (Phi) is 8.04. The van der Waals surface area contributed by atoms with E-state index in [9.17, 15) is 37.1 Å². The molecular formula is C27H29BrF4N4O5. The van der Waals surface area contributed by atoms with Gasteiger partial charge < -0.3 is 30.4 Å². The fourth-order valence-electron chi connectivity index (χ4n) is 4.78. The monoisotopic (exact) mass is 644 g/mol. The van der Waals surface area contributed by atoms with Crippen molar-refractivity contribution in [2.45, 2.75) is 57.9 Å². The van der Waals surface area contributed by atoms with Crippen molar-refractivity contribution in [3.05, 3.63) is 50.5 Å². The van der Waals surface area contributed by atoms with E-state index in [2.05, 4.69) is 31.5 Å². The number of aryl methyl sites for hydroxylation is 1. The summed E-state index contributed by atoms with van der Waals surface area (Å²) in [6.45, 7) is 6.37. The molecule has 0 spiro atoms. The zero-order valence-electron chi connectivity index (χ0n) is 22.7. The number of rotatable bonds is 4. The molecule has 2 aromatic rings. The minimum atomic E-state index is -5.00. The number of hydrogen-bond donors (Lipinski definition) is 4.